The summed E-state index contributed by atoms with van der Waals surface area (Å²) >= 11 is 4.34. The Morgan fingerprint density at radius 3 is 2.79 bits per heavy atom. The van der Waals surface area contributed by atoms with Gasteiger partial charge in [-0.15, -0.1) is 32.9 Å². The van der Waals surface area contributed by atoms with E-state index in [1.807, 2.05) is 0 Å². The number of aryl methyl sites for hydroxylation is 1. The number of esters is 1. The standard InChI is InChI=1S/C19H22N4O3S3/c1-4-7-23-16(12-9-13(5-2)28-10-12)21-22-19(23)29-11-15(24)20-17-14(6-8-27-17)18(25)26-3/h6,8-10H,4-5,7,11H2,1-3H3,(H,20,24). The molecule has 0 radical (unpaired) electrons. The number of hydrogen-bond acceptors (Lipinski definition) is 8. The zero-order valence-corrected chi connectivity index (χ0v) is 18.9. The van der Waals surface area contributed by atoms with E-state index < -0.39 is 5.97 Å². The molecular formula is C19H22N4O3S3. The molecule has 0 saturated carbocycles. The molecule has 1 N–H and O–H groups in total. The van der Waals surface area contributed by atoms with E-state index in [1.165, 1.54) is 35.1 Å². The summed E-state index contributed by atoms with van der Waals surface area (Å²) in [6.45, 7) is 5.01. The fourth-order valence-electron chi connectivity index (χ4n) is 2.69. The minimum Gasteiger partial charge on any atom is -0.465 e. The monoisotopic (exact) mass is 450 g/mol. The number of hydrogen-bond donors (Lipinski definition) is 1. The second-order valence-electron chi connectivity index (χ2n) is 6.10. The first-order chi connectivity index (χ1) is 14.1. The summed E-state index contributed by atoms with van der Waals surface area (Å²) in [5, 5.41) is 16.5. The first-order valence-corrected chi connectivity index (χ1v) is 11.9. The Morgan fingerprint density at radius 2 is 2.10 bits per heavy atom. The number of amides is 1. The van der Waals surface area contributed by atoms with Crippen molar-refractivity contribution in [1.82, 2.24) is 14.8 Å². The Bertz CT molecular complexity index is 993. The van der Waals surface area contributed by atoms with Gasteiger partial charge in [-0.3, -0.25) is 4.79 Å². The molecule has 1 amide bonds. The van der Waals surface area contributed by atoms with Crippen LogP contribution in [-0.4, -0.2) is 39.5 Å². The molecule has 3 heterocycles. The van der Waals surface area contributed by atoms with Crippen LogP contribution in [-0.2, 0) is 22.5 Å². The number of thioether (sulfide) groups is 1. The van der Waals surface area contributed by atoms with Crippen LogP contribution in [0.2, 0.25) is 0 Å². The van der Waals surface area contributed by atoms with Gasteiger partial charge in [0, 0.05) is 22.4 Å². The van der Waals surface area contributed by atoms with Crippen LogP contribution >= 0.6 is 34.4 Å². The highest BCUT2D eigenvalue weighted by atomic mass is 32.2. The minimum absolute atomic E-state index is 0.171. The maximum absolute atomic E-state index is 12.4. The van der Waals surface area contributed by atoms with Crippen molar-refractivity contribution in [2.24, 2.45) is 0 Å². The van der Waals surface area contributed by atoms with Crippen molar-refractivity contribution >= 4 is 51.3 Å². The van der Waals surface area contributed by atoms with Gasteiger partial charge in [0.05, 0.1) is 18.4 Å². The maximum Gasteiger partial charge on any atom is 0.340 e. The maximum atomic E-state index is 12.4. The van der Waals surface area contributed by atoms with Crippen LogP contribution < -0.4 is 5.32 Å². The molecule has 0 aliphatic carbocycles. The molecule has 0 bridgehead atoms. The summed E-state index contributed by atoms with van der Waals surface area (Å²) in [4.78, 5) is 25.4. The fraction of sp³-hybridized carbons (Fsp3) is 0.368. The lowest BCUT2D eigenvalue weighted by atomic mass is 10.2. The lowest BCUT2D eigenvalue weighted by Crippen LogP contribution is -2.16. The van der Waals surface area contributed by atoms with Gasteiger partial charge in [-0.2, -0.15) is 0 Å². The molecule has 10 heteroatoms. The van der Waals surface area contributed by atoms with Crippen molar-refractivity contribution in [2.75, 3.05) is 18.2 Å². The Balaban J connectivity index is 1.69. The number of ether oxygens (including phenoxy) is 1. The molecule has 0 aliphatic heterocycles. The first kappa shape index (κ1) is 21.5. The average Bonchev–Trinajstić information content (AvgIpc) is 3.45. The van der Waals surface area contributed by atoms with Gasteiger partial charge in [0.2, 0.25) is 5.91 Å². The van der Waals surface area contributed by atoms with Crippen molar-refractivity contribution in [3.63, 3.8) is 0 Å². The van der Waals surface area contributed by atoms with E-state index in [1.54, 1.807) is 22.8 Å². The number of aromatic nitrogens is 3. The SMILES string of the molecule is CCCn1c(SCC(=O)Nc2sccc2C(=O)OC)nnc1-c1csc(CC)c1. The van der Waals surface area contributed by atoms with E-state index in [-0.39, 0.29) is 11.7 Å². The van der Waals surface area contributed by atoms with E-state index >= 15 is 0 Å². The van der Waals surface area contributed by atoms with E-state index in [2.05, 4.69) is 45.4 Å². The Labute approximate surface area is 181 Å². The van der Waals surface area contributed by atoms with Crippen molar-refractivity contribution in [3.05, 3.63) is 33.3 Å². The summed E-state index contributed by atoms with van der Waals surface area (Å²) in [5.41, 5.74) is 1.42. The van der Waals surface area contributed by atoms with Gasteiger partial charge >= 0.3 is 5.97 Å². The molecule has 0 aliphatic rings. The van der Waals surface area contributed by atoms with Crippen molar-refractivity contribution in [2.45, 2.75) is 38.4 Å². The number of nitrogens with one attached hydrogen (secondary N) is 1. The molecule has 0 saturated heterocycles. The van der Waals surface area contributed by atoms with Gasteiger partial charge in [0.1, 0.15) is 5.00 Å². The summed E-state index contributed by atoms with van der Waals surface area (Å²) in [5.74, 6) is 0.323. The van der Waals surface area contributed by atoms with Crippen molar-refractivity contribution < 1.29 is 14.3 Å². The van der Waals surface area contributed by atoms with E-state index in [9.17, 15) is 9.59 Å². The zero-order valence-electron chi connectivity index (χ0n) is 16.4. The van der Waals surface area contributed by atoms with Gasteiger partial charge in [-0.25, -0.2) is 4.79 Å². The number of methoxy groups -OCH3 is 1. The molecular weight excluding hydrogens is 428 g/mol. The normalized spacial score (nSPS) is 10.9. The fourth-order valence-corrected chi connectivity index (χ4v) is 5.06. The summed E-state index contributed by atoms with van der Waals surface area (Å²) in [6.07, 6.45) is 1.93. The number of carbonyl (C=O) groups is 2. The highest BCUT2D eigenvalue weighted by Gasteiger charge is 2.18. The average molecular weight is 451 g/mol. The molecule has 154 valence electrons. The third kappa shape index (κ3) is 5.06. The quantitative estimate of drug-likeness (QED) is 0.380. The molecule has 29 heavy (non-hydrogen) atoms. The van der Waals surface area contributed by atoms with Gasteiger partial charge in [-0.05, 0) is 30.4 Å². The molecule has 3 aromatic heterocycles. The van der Waals surface area contributed by atoms with Crippen LogP contribution in [0.25, 0.3) is 11.4 Å². The molecule has 3 aromatic rings. The van der Waals surface area contributed by atoms with Crippen LogP contribution in [0, 0.1) is 0 Å². The third-order valence-electron chi connectivity index (χ3n) is 4.08. The van der Waals surface area contributed by atoms with Gasteiger partial charge in [-0.1, -0.05) is 25.6 Å². The topological polar surface area (TPSA) is 86.1 Å². The van der Waals surface area contributed by atoms with Crippen LogP contribution in [0.5, 0.6) is 0 Å². The second kappa shape index (κ2) is 10.0. The van der Waals surface area contributed by atoms with Crippen LogP contribution in [0.15, 0.2) is 28.0 Å². The molecule has 3 rings (SSSR count). The Morgan fingerprint density at radius 1 is 1.28 bits per heavy atom. The lowest BCUT2D eigenvalue weighted by molar-refractivity contribution is -0.113. The number of nitrogens with zero attached hydrogens (tertiary/aromatic N) is 3. The Kier molecular flexibility index (Phi) is 7.45. The van der Waals surface area contributed by atoms with Gasteiger partial charge in [0.15, 0.2) is 11.0 Å². The van der Waals surface area contributed by atoms with Gasteiger partial charge in [0.25, 0.3) is 0 Å². The number of carbonyl (C=O) groups excluding carboxylic acids is 2. The molecule has 0 atom stereocenters. The highest BCUT2D eigenvalue weighted by Crippen LogP contribution is 2.29. The molecule has 0 aromatic carbocycles. The molecule has 7 nitrogen and oxygen atoms in total. The zero-order chi connectivity index (χ0) is 20.8. The number of anilines is 1. The molecule has 0 unspecified atom stereocenters. The molecule has 0 fully saturated rings. The summed E-state index contributed by atoms with van der Waals surface area (Å²) < 4.78 is 6.79. The van der Waals surface area contributed by atoms with Crippen molar-refractivity contribution in [1.29, 1.82) is 0 Å². The van der Waals surface area contributed by atoms with Crippen LogP contribution in [0.3, 0.4) is 0 Å². The predicted octanol–water partition coefficient (Wildman–Crippen LogP) is 4.56. The van der Waals surface area contributed by atoms with E-state index in [4.69, 9.17) is 4.74 Å². The lowest BCUT2D eigenvalue weighted by Gasteiger charge is -2.08. The van der Waals surface area contributed by atoms with E-state index in [0.29, 0.717) is 15.7 Å². The van der Waals surface area contributed by atoms with Crippen LogP contribution in [0.1, 0.15) is 35.5 Å². The predicted molar refractivity (Wildman–Crippen MR) is 118 cm³/mol. The van der Waals surface area contributed by atoms with Gasteiger partial charge < -0.3 is 14.6 Å². The number of thiophene rings is 2. The molecule has 0 spiro atoms. The number of rotatable bonds is 9. The van der Waals surface area contributed by atoms with Crippen molar-refractivity contribution in [3.8, 4) is 11.4 Å². The smallest absolute Gasteiger partial charge is 0.340 e. The third-order valence-corrected chi connectivity index (χ3v) is 6.96. The Hall–Kier alpha value is -2.17. The minimum atomic E-state index is -0.469. The highest BCUT2D eigenvalue weighted by molar-refractivity contribution is 7.99. The van der Waals surface area contributed by atoms with E-state index in [0.717, 1.165) is 30.8 Å². The summed E-state index contributed by atoms with van der Waals surface area (Å²) in [7, 11) is 1.32. The van der Waals surface area contributed by atoms with Crippen LogP contribution in [0.4, 0.5) is 5.00 Å². The first-order valence-electron chi connectivity index (χ1n) is 9.16. The second-order valence-corrected chi connectivity index (χ2v) is 8.96. The largest absolute Gasteiger partial charge is 0.465 e. The summed E-state index contributed by atoms with van der Waals surface area (Å²) in [6, 6.07) is 3.78.